The van der Waals surface area contributed by atoms with E-state index in [1.54, 1.807) is 0 Å². The zero-order chi connectivity index (χ0) is 14.0. The number of nitrogens with zero attached hydrogens (tertiary/aromatic N) is 1. The van der Waals surface area contributed by atoms with E-state index in [0.717, 1.165) is 35.0 Å². The first-order valence-electron chi connectivity index (χ1n) is 6.81. The van der Waals surface area contributed by atoms with Crippen LogP contribution in [0.25, 0.3) is 0 Å². The maximum Gasteiger partial charge on any atom is 0.254 e. The van der Waals surface area contributed by atoms with Crippen molar-refractivity contribution < 1.29 is 4.79 Å². The van der Waals surface area contributed by atoms with E-state index >= 15 is 0 Å². The van der Waals surface area contributed by atoms with E-state index in [4.69, 9.17) is 5.73 Å². The Labute approximate surface area is 123 Å². The predicted molar refractivity (Wildman–Crippen MR) is 81.2 cm³/mol. The Hall–Kier alpha value is -0.870. The summed E-state index contributed by atoms with van der Waals surface area (Å²) in [5, 5.41) is 0. The molecule has 4 heteroatoms. The Morgan fingerprint density at radius 2 is 2.26 bits per heavy atom. The summed E-state index contributed by atoms with van der Waals surface area (Å²) in [6.45, 7) is 5.53. The zero-order valence-corrected chi connectivity index (χ0v) is 13.1. The molecule has 2 atom stereocenters. The van der Waals surface area contributed by atoms with Gasteiger partial charge in [-0.1, -0.05) is 22.9 Å². The second-order valence-corrected chi connectivity index (χ2v) is 6.30. The van der Waals surface area contributed by atoms with Gasteiger partial charge in [-0.05, 0) is 49.4 Å². The van der Waals surface area contributed by atoms with Crippen molar-refractivity contribution in [3.8, 4) is 0 Å². The van der Waals surface area contributed by atoms with E-state index in [1.807, 2.05) is 30.0 Å². The van der Waals surface area contributed by atoms with Crippen LogP contribution in [0.3, 0.4) is 0 Å². The van der Waals surface area contributed by atoms with E-state index in [2.05, 4.69) is 22.9 Å². The number of rotatable bonds is 2. The maximum atomic E-state index is 12.7. The Kier molecular flexibility index (Phi) is 4.63. The largest absolute Gasteiger partial charge is 0.334 e. The Balaban J connectivity index is 2.27. The highest BCUT2D eigenvalue weighted by molar-refractivity contribution is 9.10. The van der Waals surface area contributed by atoms with Crippen LogP contribution < -0.4 is 5.73 Å². The van der Waals surface area contributed by atoms with E-state index in [0.29, 0.717) is 12.5 Å². The first-order chi connectivity index (χ1) is 9.04. The Morgan fingerprint density at radius 3 is 2.89 bits per heavy atom. The number of carbonyl (C=O) groups is 1. The van der Waals surface area contributed by atoms with Crippen LogP contribution >= 0.6 is 15.9 Å². The van der Waals surface area contributed by atoms with Crippen LogP contribution in [0, 0.1) is 12.8 Å². The topological polar surface area (TPSA) is 46.3 Å². The standard InChI is InChI=1S/C15H21BrN2O/c1-10-4-3-7-18(14(10)9-17)15(19)13-6-5-12(16)8-11(13)2/h5-6,8,10,14H,3-4,7,9,17H2,1-2H3. The van der Waals surface area contributed by atoms with Crippen molar-refractivity contribution in [2.24, 2.45) is 11.7 Å². The van der Waals surface area contributed by atoms with Crippen molar-refractivity contribution in [3.05, 3.63) is 33.8 Å². The molecule has 1 saturated heterocycles. The molecule has 0 bridgehead atoms. The van der Waals surface area contributed by atoms with Crippen LogP contribution in [0.1, 0.15) is 35.7 Å². The molecule has 0 radical (unpaired) electrons. The zero-order valence-electron chi connectivity index (χ0n) is 11.5. The molecule has 1 aromatic rings. The van der Waals surface area contributed by atoms with Gasteiger partial charge in [-0.2, -0.15) is 0 Å². The molecular formula is C15H21BrN2O. The number of benzene rings is 1. The molecule has 0 aliphatic carbocycles. The third kappa shape index (κ3) is 3.00. The van der Waals surface area contributed by atoms with Crippen LogP contribution in [0.5, 0.6) is 0 Å². The summed E-state index contributed by atoms with van der Waals surface area (Å²) in [7, 11) is 0. The van der Waals surface area contributed by atoms with Gasteiger partial charge in [0.25, 0.3) is 5.91 Å². The molecular weight excluding hydrogens is 304 g/mol. The summed E-state index contributed by atoms with van der Waals surface area (Å²) in [5.41, 5.74) is 7.66. The number of likely N-dealkylation sites (tertiary alicyclic amines) is 1. The predicted octanol–water partition coefficient (Wildman–Crippen LogP) is 2.96. The molecule has 1 amide bonds. The van der Waals surface area contributed by atoms with Crippen molar-refractivity contribution in [1.29, 1.82) is 0 Å². The van der Waals surface area contributed by atoms with Crippen LogP contribution in [0.15, 0.2) is 22.7 Å². The van der Waals surface area contributed by atoms with Gasteiger partial charge < -0.3 is 10.6 Å². The highest BCUT2D eigenvalue weighted by atomic mass is 79.9. The summed E-state index contributed by atoms with van der Waals surface area (Å²) < 4.78 is 1.00. The molecule has 2 N–H and O–H groups in total. The van der Waals surface area contributed by atoms with Gasteiger partial charge in [0, 0.05) is 29.2 Å². The highest BCUT2D eigenvalue weighted by Gasteiger charge is 2.31. The summed E-state index contributed by atoms with van der Waals surface area (Å²) in [6.07, 6.45) is 2.23. The number of amides is 1. The Bertz CT molecular complexity index is 475. The lowest BCUT2D eigenvalue weighted by molar-refractivity contribution is 0.0532. The van der Waals surface area contributed by atoms with Crippen molar-refractivity contribution in [3.63, 3.8) is 0 Å². The van der Waals surface area contributed by atoms with Crippen LogP contribution in [-0.2, 0) is 0 Å². The molecule has 104 valence electrons. The van der Waals surface area contributed by atoms with Crippen molar-refractivity contribution in [2.75, 3.05) is 13.1 Å². The normalized spacial score (nSPS) is 23.5. The molecule has 1 fully saturated rings. The molecule has 0 saturated carbocycles. The van der Waals surface area contributed by atoms with Crippen molar-refractivity contribution >= 4 is 21.8 Å². The average Bonchev–Trinajstić information content (AvgIpc) is 2.37. The summed E-state index contributed by atoms with van der Waals surface area (Å²) in [6, 6.07) is 5.97. The van der Waals surface area contributed by atoms with Crippen LogP contribution in [0.4, 0.5) is 0 Å². The molecule has 19 heavy (non-hydrogen) atoms. The fraction of sp³-hybridized carbons (Fsp3) is 0.533. The summed E-state index contributed by atoms with van der Waals surface area (Å²) in [4.78, 5) is 14.7. The van der Waals surface area contributed by atoms with Crippen LogP contribution in [0.2, 0.25) is 0 Å². The van der Waals surface area contributed by atoms with Crippen molar-refractivity contribution in [1.82, 2.24) is 4.90 Å². The number of hydrogen-bond donors (Lipinski definition) is 1. The second kappa shape index (κ2) is 6.06. The quantitative estimate of drug-likeness (QED) is 0.909. The van der Waals surface area contributed by atoms with E-state index < -0.39 is 0 Å². The van der Waals surface area contributed by atoms with Crippen LogP contribution in [-0.4, -0.2) is 29.9 Å². The third-order valence-electron chi connectivity index (χ3n) is 4.04. The maximum absolute atomic E-state index is 12.7. The smallest absolute Gasteiger partial charge is 0.254 e. The minimum atomic E-state index is 0.118. The average molecular weight is 325 g/mol. The molecule has 3 nitrogen and oxygen atoms in total. The summed E-state index contributed by atoms with van der Waals surface area (Å²) >= 11 is 3.43. The first kappa shape index (κ1) is 14.5. The molecule has 1 heterocycles. The lowest BCUT2D eigenvalue weighted by Crippen LogP contribution is -2.51. The third-order valence-corrected chi connectivity index (χ3v) is 4.53. The van der Waals surface area contributed by atoms with E-state index in [1.165, 1.54) is 0 Å². The van der Waals surface area contributed by atoms with Gasteiger partial charge in [-0.15, -0.1) is 0 Å². The number of piperidine rings is 1. The minimum Gasteiger partial charge on any atom is -0.334 e. The lowest BCUT2D eigenvalue weighted by atomic mass is 9.90. The molecule has 2 rings (SSSR count). The molecule has 0 spiro atoms. The van der Waals surface area contributed by atoms with Gasteiger partial charge in [0.2, 0.25) is 0 Å². The molecule has 2 unspecified atom stereocenters. The molecule has 1 aliphatic rings. The highest BCUT2D eigenvalue weighted by Crippen LogP contribution is 2.26. The fourth-order valence-corrected chi connectivity index (χ4v) is 3.36. The minimum absolute atomic E-state index is 0.118. The molecule has 0 aromatic heterocycles. The second-order valence-electron chi connectivity index (χ2n) is 5.38. The van der Waals surface area contributed by atoms with E-state index in [-0.39, 0.29) is 11.9 Å². The number of aryl methyl sites for hydroxylation is 1. The molecule has 1 aromatic carbocycles. The monoisotopic (exact) mass is 324 g/mol. The first-order valence-corrected chi connectivity index (χ1v) is 7.61. The van der Waals surface area contributed by atoms with Gasteiger partial charge in [0.1, 0.15) is 0 Å². The number of nitrogens with two attached hydrogens (primary N) is 1. The van der Waals surface area contributed by atoms with Gasteiger partial charge in [-0.25, -0.2) is 0 Å². The number of carbonyl (C=O) groups excluding carboxylic acids is 1. The summed E-state index contributed by atoms with van der Waals surface area (Å²) in [5.74, 6) is 0.602. The van der Waals surface area contributed by atoms with Gasteiger partial charge in [-0.3, -0.25) is 4.79 Å². The van der Waals surface area contributed by atoms with Crippen molar-refractivity contribution in [2.45, 2.75) is 32.7 Å². The SMILES string of the molecule is Cc1cc(Br)ccc1C(=O)N1CCCC(C)C1CN. The van der Waals surface area contributed by atoms with Gasteiger partial charge >= 0.3 is 0 Å². The van der Waals surface area contributed by atoms with Gasteiger partial charge in [0.05, 0.1) is 0 Å². The fourth-order valence-electron chi connectivity index (χ4n) is 2.88. The number of halogens is 1. The van der Waals surface area contributed by atoms with E-state index in [9.17, 15) is 4.79 Å². The Morgan fingerprint density at radius 1 is 1.53 bits per heavy atom. The molecule has 1 aliphatic heterocycles. The van der Waals surface area contributed by atoms with Gasteiger partial charge in [0.15, 0.2) is 0 Å². The lowest BCUT2D eigenvalue weighted by Gasteiger charge is -2.39. The number of hydrogen-bond acceptors (Lipinski definition) is 2.